The highest BCUT2D eigenvalue weighted by Crippen LogP contribution is 2.31. The first kappa shape index (κ1) is 26.2. The van der Waals surface area contributed by atoms with Crippen molar-refractivity contribution in [1.29, 1.82) is 0 Å². The summed E-state index contributed by atoms with van der Waals surface area (Å²) in [4.78, 5) is 28.2. The molecule has 6 nitrogen and oxygen atoms in total. The summed E-state index contributed by atoms with van der Waals surface area (Å²) >= 11 is 12.8. The fourth-order valence-corrected chi connectivity index (χ4v) is 4.37. The summed E-state index contributed by atoms with van der Waals surface area (Å²) in [5, 5.41) is 3.94. The molecule has 34 heavy (non-hydrogen) atoms. The van der Waals surface area contributed by atoms with Crippen LogP contribution in [0.4, 0.5) is 0 Å². The minimum Gasteiger partial charge on any atom is -0.486 e. The summed E-state index contributed by atoms with van der Waals surface area (Å²) in [5.41, 5.74) is 1.60. The zero-order valence-electron chi connectivity index (χ0n) is 19.9. The van der Waals surface area contributed by atoms with E-state index in [-0.39, 0.29) is 30.8 Å². The van der Waals surface area contributed by atoms with Gasteiger partial charge in [0.25, 0.3) is 0 Å². The fraction of sp³-hybridized carbons (Fsp3) is 0.462. The number of fused-ring (bicyclic) bond motifs is 1. The first-order valence-corrected chi connectivity index (χ1v) is 12.5. The van der Waals surface area contributed by atoms with Gasteiger partial charge < -0.3 is 19.7 Å². The van der Waals surface area contributed by atoms with E-state index in [1.54, 1.807) is 23.1 Å². The molecular formula is C26H32Cl2N2O4. The average molecular weight is 507 g/mol. The number of ether oxygens (including phenoxy) is 2. The van der Waals surface area contributed by atoms with E-state index in [0.717, 1.165) is 12.0 Å². The van der Waals surface area contributed by atoms with Gasteiger partial charge in [-0.1, -0.05) is 49.2 Å². The molecule has 0 saturated carbocycles. The Kier molecular flexibility index (Phi) is 9.48. The number of nitrogens with one attached hydrogen (secondary N) is 1. The van der Waals surface area contributed by atoms with Gasteiger partial charge >= 0.3 is 0 Å². The van der Waals surface area contributed by atoms with Crippen molar-refractivity contribution in [3.8, 4) is 11.5 Å². The van der Waals surface area contributed by atoms with Crippen molar-refractivity contribution in [3.05, 3.63) is 57.6 Å². The largest absolute Gasteiger partial charge is 0.486 e. The van der Waals surface area contributed by atoms with E-state index in [9.17, 15) is 9.59 Å². The molecule has 1 heterocycles. The number of aryl methyl sites for hydroxylation is 1. The summed E-state index contributed by atoms with van der Waals surface area (Å²) < 4.78 is 11.2. The maximum Gasteiger partial charge on any atom is 0.243 e. The molecule has 2 unspecified atom stereocenters. The van der Waals surface area contributed by atoms with Crippen LogP contribution in [0, 0.1) is 0 Å². The van der Waals surface area contributed by atoms with E-state index in [0.29, 0.717) is 53.2 Å². The number of nitrogens with zero attached hydrogens (tertiary/aromatic N) is 1. The number of carbonyl (C=O) groups is 2. The van der Waals surface area contributed by atoms with Crippen LogP contribution in [0.25, 0.3) is 0 Å². The predicted octanol–water partition coefficient (Wildman–Crippen LogP) is 5.42. The van der Waals surface area contributed by atoms with E-state index >= 15 is 0 Å². The number of hydrogen-bond donors (Lipinski definition) is 1. The number of halogens is 2. The third-order valence-corrected chi connectivity index (χ3v) is 6.72. The second-order valence-corrected chi connectivity index (χ2v) is 9.26. The lowest BCUT2D eigenvalue weighted by atomic mass is 10.0. The van der Waals surface area contributed by atoms with E-state index in [2.05, 4.69) is 5.32 Å². The molecule has 184 valence electrons. The minimum atomic E-state index is -0.630. The lowest BCUT2D eigenvalue weighted by molar-refractivity contribution is -0.141. The van der Waals surface area contributed by atoms with Crippen molar-refractivity contribution in [3.63, 3.8) is 0 Å². The molecule has 0 fully saturated rings. The van der Waals surface area contributed by atoms with E-state index in [1.165, 1.54) is 0 Å². The number of hydrogen-bond acceptors (Lipinski definition) is 4. The number of amides is 2. The second kappa shape index (κ2) is 12.3. The van der Waals surface area contributed by atoms with E-state index in [1.807, 2.05) is 39.0 Å². The molecule has 0 saturated heterocycles. The highest BCUT2D eigenvalue weighted by Gasteiger charge is 2.30. The zero-order chi connectivity index (χ0) is 24.7. The Morgan fingerprint density at radius 2 is 1.71 bits per heavy atom. The molecule has 0 aromatic heterocycles. The Morgan fingerprint density at radius 1 is 1.03 bits per heavy atom. The quantitative estimate of drug-likeness (QED) is 0.467. The number of benzene rings is 2. The van der Waals surface area contributed by atoms with Crippen LogP contribution in [0.15, 0.2) is 36.4 Å². The summed E-state index contributed by atoms with van der Waals surface area (Å²) in [6, 6.07) is 10.3. The molecule has 0 bridgehead atoms. The summed E-state index contributed by atoms with van der Waals surface area (Å²) in [6.07, 6.45) is 2.01. The summed E-state index contributed by atoms with van der Waals surface area (Å²) in [6.45, 7) is 7.04. The number of carbonyl (C=O) groups excluding carboxylic acids is 2. The molecule has 1 N–H and O–H groups in total. The van der Waals surface area contributed by atoms with Gasteiger partial charge in [-0.3, -0.25) is 9.59 Å². The maximum absolute atomic E-state index is 13.5. The van der Waals surface area contributed by atoms with Crippen LogP contribution in [-0.2, 0) is 22.6 Å². The molecule has 2 atom stereocenters. The molecule has 0 spiro atoms. The monoisotopic (exact) mass is 506 g/mol. The van der Waals surface area contributed by atoms with Gasteiger partial charge in [-0.25, -0.2) is 0 Å². The predicted molar refractivity (Wildman–Crippen MR) is 135 cm³/mol. The molecule has 1 aliphatic heterocycles. The van der Waals surface area contributed by atoms with Crippen molar-refractivity contribution in [2.75, 3.05) is 13.2 Å². The SMILES string of the molecule is CCC(C)NC(=O)C(CC)N(Cc1c(Cl)cccc1Cl)C(=O)CCc1ccc2c(c1)OCCO2. The average Bonchev–Trinajstić information content (AvgIpc) is 2.83. The topological polar surface area (TPSA) is 67.9 Å². The lowest BCUT2D eigenvalue weighted by Gasteiger charge is -2.32. The van der Waals surface area contributed by atoms with Gasteiger partial charge in [0.1, 0.15) is 19.3 Å². The molecular weight excluding hydrogens is 475 g/mol. The van der Waals surface area contributed by atoms with Gasteiger partial charge in [-0.05, 0) is 56.0 Å². The summed E-state index contributed by atoms with van der Waals surface area (Å²) in [5.74, 6) is 1.09. The maximum atomic E-state index is 13.5. The van der Waals surface area contributed by atoms with Crippen molar-refractivity contribution < 1.29 is 19.1 Å². The molecule has 0 aliphatic carbocycles. The van der Waals surface area contributed by atoms with E-state index < -0.39 is 6.04 Å². The van der Waals surface area contributed by atoms with Gasteiger partial charge in [0.15, 0.2) is 11.5 Å². The first-order valence-electron chi connectivity index (χ1n) is 11.7. The van der Waals surface area contributed by atoms with Crippen molar-refractivity contribution in [2.24, 2.45) is 0 Å². The Labute approximate surface area is 211 Å². The van der Waals surface area contributed by atoms with Crippen LogP contribution >= 0.6 is 23.2 Å². The van der Waals surface area contributed by atoms with Gasteiger partial charge in [0.2, 0.25) is 11.8 Å². The smallest absolute Gasteiger partial charge is 0.243 e. The molecule has 2 amide bonds. The molecule has 8 heteroatoms. The Bertz CT molecular complexity index is 994. The van der Waals surface area contributed by atoms with Crippen molar-refractivity contribution in [2.45, 2.75) is 65.1 Å². The van der Waals surface area contributed by atoms with Crippen LogP contribution in [0.1, 0.15) is 51.2 Å². The standard InChI is InChI=1S/C26H32Cl2N2O4/c1-4-17(3)29-26(32)22(5-2)30(16-19-20(27)7-6-8-21(19)28)25(31)12-10-18-9-11-23-24(15-18)34-14-13-33-23/h6-9,11,15,17,22H,4-5,10,12-14,16H2,1-3H3,(H,29,32). The number of rotatable bonds is 10. The van der Waals surface area contributed by atoms with Crippen LogP contribution in [-0.4, -0.2) is 42.0 Å². The van der Waals surface area contributed by atoms with Crippen molar-refractivity contribution >= 4 is 35.0 Å². The van der Waals surface area contributed by atoms with Crippen LogP contribution in [0.5, 0.6) is 11.5 Å². The van der Waals surface area contributed by atoms with Crippen LogP contribution < -0.4 is 14.8 Å². The van der Waals surface area contributed by atoms with Crippen LogP contribution in [0.3, 0.4) is 0 Å². The first-order chi connectivity index (χ1) is 16.3. The fourth-order valence-electron chi connectivity index (χ4n) is 3.85. The highest BCUT2D eigenvalue weighted by molar-refractivity contribution is 6.36. The third-order valence-electron chi connectivity index (χ3n) is 6.01. The molecule has 3 rings (SSSR count). The molecule has 2 aromatic carbocycles. The Hall–Kier alpha value is -2.44. The third kappa shape index (κ3) is 6.57. The normalized spacial score (nSPS) is 14.3. The minimum absolute atomic E-state index is 0.0140. The Balaban J connectivity index is 1.81. The van der Waals surface area contributed by atoms with Crippen LogP contribution in [0.2, 0.25) is 10.0 Å². The summed E-state index contributed by atoms with van der Waals surface area (Å²) in [7, 11) is 0. The van der Waals surface area contributed by atoms with E-state index in [4.69, 9.17) is 32.7 Å². The lowest BCUT2D eigenvalue weighted by Crippen LogP contribution is -2.50. The van der Waals surface area contributed by atoms with Gasteiger partial charge in [-0.2, -0.15) is 0 Å². The molecule has 2 aromatic rings. The molecule has 0 radical (unpaired) electrons. The Morgan fingerprint density at radius 3 is 2.35 bits per heavy atom. The van der Waals surface area contributed by atoms with Crippen molar-refractivity contribution in [1.82, 2.24) is 10.2 Å². The van der Waals surface area contributed by atoms with Gasteiger partial charge in [0.05, 0.1) is 0 Å². The highest BCUT2D eigenvalue weighted by atomic mass is 35.5. The second-order valence-electron chi connectivity index (χ2n) is 8.44. The zero-order valence-corrected chi connectivity index (χ0v) is 21.4. The van der Waals surface area contributed by atoms with Gasteiger partial charge in [-0.15, -0.1) is 0 Å². The van der Waals surface area contributed by atoms with Gasteiger partial charge in [0, 0.05) is 34.6 Å². The molecule has 1 aliphatic rings.